The quantitative estimate of drug-likeness (QED) is 0.454. The highest BCUT2D eigenvalue weighted by molar-refractivity contribution is 9.23. The average molecular weight is 290 g/mol. The van der Waals surface area contributed by atoms with E-state index in [1.54, 1.807) is 7.11 Å². The van der Waals surface area contributed by atoms with Crippen LogP contribution in [0.15, 0.2) is 0 Å². The minimum Gasteiger partial charge on any atom is -0.385 e. The van der Waals surface area contributed by atoms with Crippen molar-refractivity contribution in [3.63, 3.8) is 0 Å². The van der Waals surface area contributed by atoms with Crippen LogP contribution in [0.4, 0.5) is 0 Å². The molecule has 0 N–H and O–H groups in total. The van der Waals surface area contributed by atoms with E-state index in [0.29, 0.717) is 0 Å². The van der Waals surface area contributed by atoms with Gasteiger partial charge in [0.1, 0.15) is 0 Å². The van der Waals surface area contributed by atoms with Crippen LogP contribution in [0.1, 0.15) is 46.5 Å². The number of hydrogen-bond acceptors (Lipinski definition) is 1. The van der Waals surface area contributed by atoms with E-state index in [0.717, 1.165) is 22.5 Å². The molecule has 0 saturated heterocycles. The van der Waals surface area contributed by atoms with E-state index in [2.05, 4.69) is 33.7 Å². The zero-order chi connectivity index (χ0) is 11.7. The lowest BCUT2D eigenvalue weighted by atomic mass is 9.91. The van der Waals surface area contributed by atoms with Crippen molar-refractivity contribution in [2.75, 3.05) is 13.7 Å². The molecule has 0 amide bonds. The van der Waals surface area contributed by atoms with Gasteiger partial charge in [-0.05, 0) is 31.1 Å². The molecule has 0 aliphatic heterocycles. The molecule has 1 nitrogen and oxygen atoms in total. The number of ether oxygens (including phenoxy) is 1. The van der Waals surface area contributed by atoms with Crippen molar-refractivity contribution < 1.29 is 4.74 Å². The maximum atomic E-state index is 5.08. The molecule has 0 spiro atoms. The first-order chi connectivity index (χ1) is 7.10. The van der Waals surface area contributed by atoms with E-state index in [1.165, 1.54) is 25.7 Å². The van der Waals surface area contributed by atoms with Crippen molar-refractivity contribution in [3.8, 4) is 0 Å². The zero-order valence-corrected chi connectivity index (χ0v) is 13.8. The maximum absolute atomic E-state index is 5.08. The SMILES string of the molecule is COCCCC(C)CC(C)C[CH](C)[Mg][Br]. The number of hydrogen-bond donors (Lipinski definition) is 0. The summed E-state index contributed by atoms with van der Waals surface area (Å²) < 4.78 is 6.03. The Bertz CT molecular complexity index is 144. The van der Waals surface area contributed by atoms with E-state index in [1.807, 2.05) is 0 Å². The molecule has 15 heavy (non-hydrogen) atoms. The lowest BCUT2D eigenvalue weighted by molar-refractivity contribution is 0.185. The van der Waals surface area contributed by atoms with Gasteiger partial charge in [0, 0.05) is 13.7 Å². The standard InChI is InChI=1S/C12H25O.BrH.Mg/c1-5-7-11(2)10-12(3)8-6-9-13-4;;/h5,11-12H,6-10H2,1-4H3;1H;/q;;+1/p-1. The summed E-state index contributed by atoms with van der Waals surface area (Å²) in [6.45, 7) is 8.08. The molecule has 0 aliphatic rings. The normalized spacial score (nSPS) is 16.9. The fourth-order valence-electron chi connectivity index (χ4n) is 2.23. The highest BCUT2D eigenvalue weighted by Crippen LogP contribution is 2.25. The Hall–Kier alpha value is 1.21. The first-order valence-electron chi connectivity index (χ1n) is 6.15. The van der Waals surface area contributed by atoms with Crippen molar-refractivity contribution in [1.29, 1.82) is 0 Å². The molecule has 0 rings (SSSR count). The summed E-state index contributed by atoms with van der Waals surface area (Å²) in [4.78, 5) is 0. The Morgan fingerprint density at radius 3 is 2.33 bits per heavy atom. The van der Waals surface area contributed by atoms with Crippen molar-refractivity contribution in [3.05, 3.63) is 0 Å². The van der Waals surface area contributed by atoms with Gasteiger partial charge < -0.3 is 17.6 Å². The van der Waals surface area contributed by atoms with Crippen molar-refractivity contribution in [2.24, 2.45) is 11.8 Å². The molecule has 0 bridgehead atoms. The minimum absolute atomic E-state index is 0.0346. The van der Waals surface area contributed by atoms with Crippen LogP contribution in [0.25, 0.3) is 0 Å². The van der Waals surface area contributed by atoms with E-state index < -0.39 is 0 Å². The van der Waals surface area contributed by atoms with Crippen LogP contribution in [0.3, 0.4) is 0 Å². The molecule has 0 aliphatic carbocycles. The summed E-state index contributed by atoms with van der Waals surface area (Å²) >= 11 is 3.72. The van der Waals surface area contributed by atoms with Crippen LogP contribution in [-0.4, -0.2) is 31.9 Å². The topological polar surface area (TPSA) is 9.23 Å². The third-order valence-corrected chi connectivity index (χ3v) is 7.09. The smallest absolute Gasteiger partial charge is 0.385 e. The van der Waals surface area contributed by atoms with Crippen LogP contribution >= 0.6 is 12.9 Å². The van der Waals surface area contributed by atoms with E-state index in [4.69, 9.17) is 4.74 Å². The van der Waals surface area contributed by atoms with Crippen LogP contribution < -0.4 is 0 Å². The Balaban J connectivity index is 3.52. The molecule has 3 atom stereocenters. The molecule has 0 heterocycles. The van der Waals surface area contributed by atoms with Crippen LogP contribution in [0, 0.1) is 11.8 Å². The Morgan fingerprint density at radius 2 is 1.80 bits per heavy atom. The molecular weight excluding hydrogens is 264 g/mol. The molecule has 0 saturated carbocycles. The van der Waals surface area contributed by atoms with Gasteiger partial charge in [-0.25, -0.2) is 0 Å². The van der Waals surface area contributed by atoms with Crippen LogP contribution in [-0.2, 0) is 4.74 Å². The predicted octanol–water partition coefficient (Wildman–Crippen LogP) is 4.29. The lowest BCUT2D eigenvalue weighted by Gasteiger charge is -2.19. The largest absolute Gasteiger partial charge is 0.471 e. The fraction of sp³-hybridized carbons (Fsp3) is 1.00. The molecular formula is C12H25BrMgO. The first kappa shape index (κ1) is 16.2. The minimum atomic E-state index is 0.0346. The second kappa shape index (κ2) is 10.4. The van der Waals surface area contributed by atoms with E-state index >= 15 is 0 Å². The molecule has 3 unspecified atom stereocenters. The van der Waals surface area contributed by atoms with Crippen molar-refractivity contribution in [1.82, 2.24) is 0 Å². The lowest BCUT2D eigenvalue weighted by Crippen LogP contribution is -2.07. The third kappa shape index (κ3) is 10.1. The average Bonchev–Trinajstić information content (AvgIpc) is 2.17. The van der Waals surface area contributed by atoms with Gasteiger partial charge >= 0.3 is 18.2 Å². The van der Waals surface area contributed by atoms with Gasteiger partial charge in [-0.1, -0.05) is 27.2 Å². The van der Waals surface area contributed by atoms with Gasteiger partial charge in [0.25, 0.3) is 0 Å². The molecule has 0 aromatic carbocycles. The fourth-order valence-corrected chi connectivity index (χ4v) is 3.71. The highest BCUT2D eigenvalue weighted by Gasteiger charge is 2.12. The second-order valence-corrected chi connectivity index (χ2v) is 8.72. The Labute approximate surface area is 111 Å². The monoisotopic (exact) mass is 288 g/mol. The number of rotatable bonds is 9. The van der Waals surface area contributed by atoms with E-state index in [-0.39, 0.29) is 18.2 Å². The Kier molecular flexibility index (Phi) is 11.2. The third-order valence-electron chi connectivity index (χ3n) is 2.92. The van der Waals surface area contributed by atoms with Gasteiger partial charge in [-0.15, -0.1) is 4.05 Å². The molecule has 88 valence electrons. The van der Waals surface area contributed by atoms with Gasteiger partial charge in [-0.3, -0.25) is 0 Å². The van der Waals surface area contributed by atoms with Gasteiger partial charge in [0.2, 0.25) is 0 Å². The molecule has 0 radical (unpaired) electrons. The zero-order valence-electron chi connectivity index (χ0n) is 10.8. The highest BCUT2D eigenvalue weighted by atomic mass is 79.9. The summed E-state index contributed by atoms with van der Waals surface area (Å²) in [7, 11) is 1.79. The van der Waals surface area contributed by atoms with Crippen LogP contribution in [0.5, 0.6) is 0 Å². The molecule has 3 heteroatoms. The summed E-state index contributed by atoms with van der Waals surface area (Å²) in [6, 6.07) is 0. The van der Waals surface area contributed by atoms with Crippen molar-refractivity contribution in [2.45, 2.75) is 50.5 Å². The Morgan fingerprint density at radius 1 is 1.13 bits per heavy atom. The summed E-state index contributed by atoms with van der Waals surface area (Å²) in [5, 5.41) is 0. The predicted molar refractivity (Wildman–Crippen MR) is 72.8 cm³/mol. The molecule has 0 aromatic heterocycles. The number of methoxy groups -OCH3 is 1. The maximum Gasteiger partial charge on any atom is 0.471 e. The summed E-state index contributed by atoms with van der Waals surface area (Å²) in [6.07, 6.45) is 5.33. The van der Waals surface area contributed by atoms with Crippen LogP contribution in [0.2, 0.25) is 4.05 Å². The summed E-state index contributed by atoms with van der Waals surface area (Å²) in [5.74, 6) is 1.75. The number of halogens is 1. The van der Waals surface area contributed by atoms with Gasteiger partial charge in [0.15, 0.2) is 0 Å². The molecule has 0 aromatic rings. The molecule has 0 fully saturated rings. The van der Waals surface area contributed by atoms with Crippen molar-refractivity contribution >= 4 is 31.1 Å². The van der Waals surface area contributed by atoms with Gasteiger partial charge in [-0.2, -0.15) is 0 Å². The second-order valence-electron chi connectivity index (χ2n) is 5.08. The summed E-state index contributed by atoms with van der Waals surface area (Å²) in [5.41, 5.74) is 0. The van der Waals surface area contributed by atoms with Gasteiger partial charge in [0.05, 0.1) is 0 Å². The van der Waals surface area contributed by atoms with E-state index in [9.17, 15) is 0 Å². The first-order valence-corrected chi connectivity index (χ1v) is 10.9.